The number of quaternary nitrogens is 1. The van der Waals surface area contributed by atoms with Crippen LogP contribution in [0.25, 0.3) is 26.2 Å². The fourth-order valence-electron chi connectivity index (χ4n) is 3.79. The number of hydrogen-bond donors (Lipinski definition) is 2. The van der Waals surface area contributed by atoms with Gasteiger partial charge in [-0.15, -0.1) is 22.7 Å². The van der Waals surface area contributed by atoms with Crippen LogP contribution in [0.1, 0.15) is 17.8 Å². The molecule has 5 rings (SSSR count). The van der Waals surface area contributed by atoms with Gasteiger partial charge < -0.3 is 9.88 Å². The van der Waals surface area contributed by atoms with Crippen LogP contribution in [0.2, 0.25) is 0 Å². The van der Waals surface area contributed by atoms with E-state index in [0.29, 0.717) is 0 Å². The minimum Gasteiger partial charge on any atom is -0.325 e. The van der Waals surface area contributed by atoms with Gasteiger partial charge in [-0.3, -0.25) is 4.79 Å². The Bertz CT molecular complexity index is 1190. The van der Waals surface area contributed by atoms with Crippen molar-refractivity contribution in [1.82, 2.24) is 9.97 Å². The van der Waals surface area contributed by atoms with E-state index in [1.165, 1.54) is 16.0 Å². The lowest BCUT2D eigenvalue weighted by Crippen LogP contribution is -3.11. The van der Waals surface area contributed by atoms with Crippen molar-refractivity contribution in [3.8, 4) is 10.4 Å². The first kappa shape index (κ1) is 17.6. The molecule has 140 valence electrons. The second-order valence-electron chi connectivity index (χ2n) is 7.05. The molecule has 0 spiro atoms. The van der Waals surface area contributed by atoms with Crippen LogP contribution < -0.4 is 10.5 Å². The van der Waals surface area contributed by atoms with E-state index < -0.39 is 0 Å². The molecule has 0 saturated heterocycles. The number of benzene rings is 1. The first-order valence-corrected chi connectivity index (χ1v) is 11.2. The molecular weight excluding hydrogens is 386 g/mol. The lowest BCUT2D eigenvalue weighted by Gasteiger charge is -2.23. The second-order valence-corrected chi connectivity index (χ2v) is 8.85. The molecule has 0 amide bonds. The predicted molar refractivity (Wildman–Crippen MR) is 117 cm³/mol. The van der Waals surface area contributed by atoms with Gasteiger partial charge in [-0.2, -0.15) is 0 Å². The van der Waals surface area contributed by atoms with Gasteiger partial charge in [-0.25, -0.2) is 4.98 Å². The Hall–Kier alpha value is -2.54. The minimum atomic E-state index is -0.0263. The van der Waals surface area contributed by atoms with Gasteiger partial charge >= 0.3 is 0 Å². The van der Waals surface area contributed by atoms with Crippen LogP contribution in [0.4, 0.5) is 0 Å². The number of rotatable bonds is 4. The van der Waals surface area contributed by atoms with Crippen LogP contribution in [-0.4, -0.2) is 23.1 Å². The van der Waals surface area contributed by atoms with Crippen molar-refractivity contribution in [2.45, 2.75) is 13.0 Å². The van der Waals surface area contributed by atoms with E-state index in [1.54, 1.807) is 22.7 Å². The van der Waals surface area contributed by atoms with Crippen molar-refractivity contribution < 1.29 is 4.90 Å². The molecular formula is C22H20N3OS2+. The zero-order valence-corrected chi connectivity index (χ0v) is 16.9. The smallest absolute Gasteiger partial charge is 0.260 e. The Kier molecular flexibility index (Phi) is 4.68. The summed E-state index contributed by atoms with van der Waals surface area (Å²) in [4.78, 5) is 23.9. The molecule has 0 aliphatic carbocycles. The Morgan fingerprint density at radius 3 is 2.75 bits per heavy atom. The third-order valence-electron chi connectivity index (χ3n) is 5.23. The first-order chi connectivity index (χ1) is 13.8. The van der Waals surface area contributed by atoms with E-state index in [9.17, 15) is 4.79 Å². The van der Waals surface area contributed by atoms with Crippen molar-refractivity contribution in [2.24, 2.45) is 0 Å². The molecule has 1 atom stereocenters. The molecule has 0 fully saturated rings. The fraction of sp³-hybridized carbons (Fsp3) is 0.182. The highest BCUT2D eigenvalue weighted by Crippen LogP contribution is 2.33. The average Bonchev–Trinajstić information content (AvgIpc) is 3.39. The van der Waals surface area contributed by atoms with Crippen molar-refractivity contribution in [3.05, 3.63) is 81.0 Å². The molecule has 1 unspecified atom stereocenters. The van der Waals surface area contributed by atoms with Gasteiger partial charge in [0.15, 0.2) is 5.82 Å². The summed E-state index contributed by atoms with van der Waals surface area (Å²) in [5.74, 6) is 0.781. The number of fused-ring (bicyclic) bond motifs is 1. The summed E-state index contributed by atoms with van der Waals surface area (Å²) >= 11 is 3.21. The van der Waals surface area contributed by atoms with Gasteiger partial charge in [-0.05, 0) is 28.7 Å². The Morgan fingerprint density at radius 1 is 1.11 bits per heavy atom. The van der Waals surface area contributed by atoms with E-state index in [4.69, 9.17) is 4.98 Å². The minimum absolute atomic E-state index is 0.0263. The van der Waals surface area contributed by atoms with Gasteiger partial charge in [0, 0.05) is 22.2 Å². The summed E-state index contributed by atoms with van der Waals surface area (Å²) in [5.41, 5.74) is 3.70. The summed E-state index contributed by atoms with van der Waals surface area (Å²) < 4.78 is 0. The zero-order chi connectivity index (χ0) is 18.9. The quantitative estimate of drug-likeness (QED) is 0.544. The standard InChI is InChI=1S/C22H19N3OS2/c26-21-20-17(18-7-4-12-27-18)14-28-22(20)24-19(23-21)13-25-10-8-16(9-11-25)15-5-2-1-3-6-15/h1-8,12,14H,9-11,13H2,(H,23,24,26)/p+1. The summed E-state index contributed by atoms with van der Waals surface area (Å²) in [7, 11) is 0. The van der Waals surface area contributed by atoms with E-state index in [1.807, 2.05) is 22.9 Å². The van der Waals surface area contributed by atoms with Gasteiger partial charge in [0.2, 0.25) is 0 Å². The van der Waals surface area contributed by atoms with Crippen LogP contribution in [-0.2, 0) is 6.54 Å². The summed E-state index contributed by atoms with van der Waals surface area (Å²) in [6, 6.07) is 14.6. The molecule has 6 heteroatoms. The third-order valence-corrected chi connectivity index (χ3v) is 7.00. The number of nitrogens with one attached hydrogen (secondary N) is 2. The summed E-state index contributed by atoms with van der Waals surface area (Å²) in [6.45, 7) is 2.75. The molecule has 1 aromatic carbocycles. The van der Waals surface area contributed by atoms with Gasteiger partial charge in [0.1, 0.15) is 11.4 Å². The monoisotopic (exact) mass is 406 g/mol. The van der Waals surface area contributed by atoms with Crippen molar-refractivity contribution >= 4 is 38.5 Å². The SMILES string of the molecule is O=c1[nH]c(C[NH+]2CC=C(c3ccccc3)CC2)nc2scc(-c3cccs3)c12. The van der Waals surface area contributed by atoms with Crippen LogP contribution in [0, 0.1) is 0 Å². The molecule has 1 aliphatic heterocycles. The molecule has 0 radical (unpaired) electrons. The van der Waals surface area contributed by atoms with Crippen molar-refractivity contribution in [1.29, 1.82) is 0 Å². The average molecular weight is 407 g/mol. The Labute approximate surface area is 170 Å². The molecule has 28 heavy (non-hydrogen) atoms. The lowest BCUT2D eigenvalue weighted by atomic mass is 10.00. The Balaban J connectivity index is 1.37. The molecule has 4 nitrogen and oxygen atoms in total. The maximum absolute atomic E-state index is 12.7. The summed E-state index contributed by atoms with van der Waals surface area (Å²) in [5, 5.41) is 4.80. The predicted octanol–water partition coefficient (Wildman–Crippen LogP) is 3.59. The van der Waals surface area contributed by atoms with Crippen molar-refractivity contribution in [3.63, 3.8) is 0 Å². The molecule has 2 N–H and O–H groups in total. The number of thiophene rings is 2. The molecule has 4 heterocycles. The Morgan fingerprint density at radius 2 is 2.00 bits per heavy atom. The number of aromatic nitrogens is 2. The van der Waals surface area contributed by atoms with Crippen LogP contribution >= 0.6 is 22.7 Å². The normalized spacial score (nSPS) is 17.0. The number of nitrogens with zero attached hydrogens (tertiary/aromatic N) is 1. The number of H-pyrrole nitrogens is 1. The molecule has 1 aliphatic rings. The van der Waals surface area contributed by atoms with Crippen LogP contribution in [0.3, 0.4) is 0 Å². The topological polar surface area (TPSA) is 50.2 Å². The largest absolute Gasteiger partial charge is 0.325 e. The fourth-order valence-corrected chi connectivity index (χ4v) is 5.57. The first-order valence-electron chi connectivity index (χ1n) is 9.40. The van der Waals surface area contributed by atoms with Gasteiger partial charge in [0.25, 0.3) is 5.56 Å². The number of hydrogen-bond acceptors (Lipinski definition) is 4. The second kappa shape index (κ2) is 7.47. The highest BCUT2D eigenvalue weighted by molar-refractivity contribution is 7.18. The van der Waals surface area contributed by atoms with Crippen LogP contribution in [0.15, 0.2) is 64.1 Å². The number of aromatic amines is 1. The van der Waals surface area contributed by atoms with Gasteiger partial charge in [0.05, 0.1) is 18.5 Å². The van der Waals surface area contributed by atoms with Crippen LogP contribution in [0.5, 0.6) is 0 Å². The molecule has 0 bridgehead atoms. The molecule has 3 aromatic heterocycles. The maximum atomic E-state index is 12.7. The van der Waals surface area contributed by atoms with E-state index in [-0.39, 0.29) is 5.56 Å². The lowest BCUT2D eigenvalue weighted by molar-refractivity contribution is -0.909. The summed E-state index contributed by atoms with van der Waals surface area (Å²) in [6.07, 6.45) is 3.37. The molecule has 4 aromatic rings. The van der Waals surface area contributed by atoms with E-state index in [2.05, 4.69) is 41.4 Å². The molecule has 0 saturated carbocycles. The third kappa shape index (κ3) is 3.35. The zero-order valence-electron chi connectivity index (χ0n) is 15.3. The maximum Gasteiger partial charge on any atom is 0.260 e. The van der Waals surface area contributed by atoms with E-state index >= 15 is 0 Å². The van der Waals surface area contributed by atoms with Gasteiger partial charge in [-0.1, -0.05) is 36.4 Å². The van der Waals surface area contributed by atoms with Crippen molar-refractivity contribution in [2.75, 3.05) is 13.1 Å². The van der Waals surface area contributed by atoms with E-state index in [0.717, 1.165) is 52.5 Å². The highest BCUT2D eigenvalue weighted by Gasteiger charge is 2.19. The highest BCUT2D eigenvalue weighted by atomic mass is 32.1.